The fraction of sp³-hybridized carbons (Fsp3) is 0.588. The van der Waals surface area contributed by atoms with Crippen molar-refractivity contribution in [1.29, 1.82) is 0 Å². The number of carbonyl (C=O) groups is 1. The summed E-state index contributed by atoms with van der Waals surface area (Å²) in [6.45, 7) is -20.1. The lowest BCUT2D eigenvalue weighted by atomic mass is 10.1. The molecule has 1 aliphatic rings. The van der Waals surface area contributed by atoms with Crippen molar-refractivity contribution in [3.8, 4) is 5.75 Å². The van der Waals surface area contributed by atoms with Gasteiger partial charge in [0.25, 0.3) is 5.91 Å². The second kappa shape index (κ2) is 8.05. The molecule has 1 unspecified atom stereocenters. The Labute approximate surface area is 176 Å². The van der Waals surface area contributed by atoms with Gasteiger partial charge in [-0.15, -0.1) is 0 Å². The summed E-state index contributed by atoms with van der Waals surface area (Å²) < 4.78 is 181. The maximum absolute atomic E-state index is 13.4. The minimum Gasteiger partial charge on any atom is -0.496 e. The van der Waals surface area contributed by atoms with E-state index in [0.717, 1.165) is 7.11 Å². The summed E-state index contributed by atoms with van der Waals surface area (Å²) in [6.07, 6.45) is -8.16. The number of hydrogen-bond acceptors (Lipinski definition) is 6. The van der Waals surface area contributed by atoms with E-state index in [1.54, 1.807) is 0 Å². The van der Waals surface area contributed by atoms with Gasteiger partial charge in [0.15, 0.2) is 9.84 Å². The predicted molar refractivity (Wildman–Crippen MR) is 97.7 cm³/mol. The van der Waals surface area contributed by atoms with Gasteiger partial charge >= 0.3 is 0 Å². The molecule has 25 heavy (non-hydrogen) atoms. The molecular weight excluding hydrogens is 342 g/mol. The Hall–Kier alpha value is -1.80. The van der Waals surface area contributed by atoms with Crippen molar-refractivity contribution >= 4 is 21.4 Å². The van der Waals surface area contributed by atoms with E-state index >= 15 is 0 Å². The number of nitrogens with zero attached hydrogens (tertiary/aromatic N) is 1. The lowest BCUT2D eigenvalue weighted by molar-refractivity contribution is 0.0938. The number of methoxy groups -OCH3 is 1. The van der Waals surface area contributed by atoms with E-state index in [4.69, 9.17) is 36.5 Å². The Morgan fingerprint density at radius 2 is 2.40 bits per heavy atom. The van der Waals surface area contributed by atoms with E-state index in [1.807, 2.05) is 0 Å². The highest BCUT2D eigenvalue weighted by molar-refractivity contribution is 7.91. The zero-order chi connectivity index (χ0) is 35.3. The molecule has 0 saturated carbocycles. The van der Waals surface area contributed by atoms with Gasteiger partial charge in [-0.05, 0) is 31.8 Å². The molecule has 1 aliphatic heterocycles. The molecule has 1 heterocycles. The van der Waals surface area contributed by atoms with Crippen molar-refractivity contribution in [1.82, 2.24) is 10.2 Å². The van der Waals surface area contributed by atoms with Gasteiger partial charge < -0.3 is 15.8 Å². The van der Waals surface area contributed by atoms with Crippen LogP contribution < -0.4 is 15.8 Å². The van der Waals surface area contributed by atoms with Gasteiger partial charge in [0.2, 0.25) is 0 Å². The van der Waals surface area contributed by atoms with Crippen LogP contribution in [0.25, 0.3) is 0 Å². The van der Waals surface area contributed by atoms with Crippen molar-refractivity contribution < 1.29 is 44.0 Å². The third-order valence-corrected chi connectivity index (χ3v) is 4.18. The van der Waals surface area contributed by atoms with Crippen LogP contribution in [-0.2, 0) is 9.84 Å². The lowest BCUT2D eigenvalue weighted by Gasteiger charge is -2.23. The molecule has 8 heteroatoms. The van der Waals surface area contributed by atoms with Crippen molar-refractivity contribution in [3.05, 3.63) is 17.7 Å². The van der Waals surface area contributed by atoms with Crippen LogP contribution in [0.2, 0.25) is 0 Å². The average molecular weight is 389 g/mol. The van der Waals surface area contributed by atoms with E-state index in [0.29, 0.717) is 6.07 Å². The fourth-order valence-electron chi connectivity index (χ4n) is 1.82. The number of benzene rings is 1. The molecule has 2 rings (SSSR count). The average Bonchev–Trinajstić information content (AvgIpc) is 2.89. The first-order valence-corrected chi connectivity index (χ1v) is 7.91. The molecule has 1 fully saturated rings. The Kier molecular flexibility index (Phi) is 1.97. The zero-order valence-corrected chi connectivity index (χ0v) is 13.5. The zero-order valence-electron chi connectivity index (χ0n) is 31.7. The molecule has 1 atom stereocenters. The van der Waals surface area contributed by atoms with Gasteiger partial charge in [-0.3, -0.25) is 9.69 Å². The summed E-state index contributed by atoms with van der Waals surface area (Å²) in [6, 6.07) is -3.39. The fourth-order valence-corrected chi connectivity index (χ4v) is 2.57. The number of amides is 1. The van der Waals surface area contributed by atoms with Gasteiger partial charge in [0.05, 0.1) is 31.7 Å². The largest absolute Gasteiger partial charge is 0.496 e. The maximum Gasteiger partial charge on any atom is 0.255 e. The van der Waals surface area contributed by atoms with E-state index in [2.05, 4.69) is 0 Å². The number of rotatable bonds is 7. The standard InChI is InChI=1S/C17H27N3O4S/c1-4-20-8-6-7-12(20)11-19-17(21)13-9-16(25(22,23)5-2)14(18)10-15(13)24-3/h9-10,12H,4-8,11,18H2,1-3H3,(H,19,21)/i1D3,2D3,4D2,5D2,6D2,7D2,8D2,11D2,12D. The molecule has 3 N–H and O–H groups in total. The third kappa shape index (κ3) is 4.24. The normalized spacial score (nSPS) is 41.2. The molecular formula is C17H27N3O4S. The molecule has 7 nitrogen and oxygen atoms in total. The maximum atomic E-state index is 13.4. The molecule has 1 aromatic rings. The Morgan fingerprint density at radius 1 is 1.60 bits per heavy atom. The van der Waals surface area contributed by atoms with Gasteiger partial charge in [-0.1, -0.05) is 13.7 Å². The van der Waals surface area contributed by atoms with Gasteiger partial charge in [-0.25, -0.2) is 8.42 Å². The van der Waals surface area contributed by atoms with E-state index in [1.165, 1.54) is 5.32 Å². The van der Waals surface area contributed by atoms with Gasteiger partial charge in [-0.2, -0.15) is 0 Å². The Morgan fingerprint density at radius 3 is 3.08 bits per heavy atom. The first-order chi connectivity index (χ1) is 19.1. The minimum atomic E-state index is -5.57. The number of sulfone groups is 1. The molecule has 140 valence electrons. The second-order valence-electron chi connectivity index (χ2n) is 4.43. The molecule has 0 spiro atoms. The van der Waals surface area contributed by atoms with Crippen LogP contribution in [0, 0.1) is 0 Å². The number of nitrogens with one attached hydrogen (secondary N) is 1. The van der Waals surface area contributed by atoms with E-state index in [9.17, 15) is 13.2 Å². The van der Waals surface area contributed by atoms with Crippen LogP contribution in [-0.4, -0.2) is 57.5 Å². The highest BCUT2D eigenvalue weighted by atomic mass is 32.2. The summed E-state index contributed by atoms with van der Waals surface area (Å²) in [4.78, 5) is 11.3. The van der Waals surface area contributed by atoms with Crippen molar-refractivity contribution in [2.75, 3.05) is 38.0 Å². The lowest BCUT2D eigenvalue weighted by Crippen LogP contribution is -2.40. The minimum absolute atomic E-state index is 0.274. The number of nitrogens with two attached hydrogens (primary N) is 1. The Bertz CT molecular complexity index is 1440. The number of carbonyl (C=O) groups excluding carboxylic acids is 1. The summed E-state index contributed by atoms with van der Waals surface area (Å²) in [5, 5.41) is 1.40. The number of ether oxygens (including phenoxy) is 1. The topological polar surface area (TPSA) is 102 Å². The predicted octanol–water partition coefficient (Wildman–Crippen LogP) is 1.29. The number of likely N-dealkylation sites (tertiary alicyclic amines) is 1. The summed E-state index contributed by atoms with van der Waals surface area (Å²) in [5.41, 5.74) is -0.217. The number of nitrogen functional groups attached to an aromatic ring is 1. The molecule has 1 saturated heterocycles. The third-order valence-electron chi connectivity index (χ3n) is 2.98. The van der Waals surface area contributed by atoms with Crippen LogP contribution in [0.5, 0.6) is 5.75 Å². The molecule has 1 amide bonds. The molecule has 1 aromatic carbocycles. The first kappa shape index (κ1) is 6.13. The van der Waals surface area contributed by atoms with Gasteiger partial charge in [0.1, 0.15) is 5.75 Å². The molecule has 0 aliphatic carbocycles. The number of hydrogen-bond donors (Lipinski definition) is 2. The second-order valence-corrected chi connectivity index (χ2v) is 6.08. The highest BCUT2D eigenvalue weighted by Gasteiger charge is 2.25. The van der Waals surface area contributed by atoms with Crippen LogP contribution in [0.4, 0.5) is 5.69 Å². The summed E-state index contributed by atoms with van der Waals surface area (Å²) in [5.74, 6) is -2.51. The van der Waals surface area contributed by atoms with Crippen LogP contribution in [0.1, 0.15) is 62.9 Å². The summed E-state index contributed by atoms with van der Waals surface area (Å²) >= 11 is 0. The number of likely N-dealkylation sites (N-methyl/N-ethyl adjacent to an activating group) is 1. The van der Waals surface area contributed by atoms with Crippen LogP contribution in [0.3, 0.4) is 0 Å². The monoisotopic (exact) mass is 388 g/mol. The highest BCUT2D eigenvalue weighted by Crippen LogP contribution is 2.29. The van der Waals surface area contributed by atoms with Crippen molar-refractivity contribution in [2.24, 2.45) is 0 Å². The van der Waals surface area contributed by atoms with Crippen molar-refractivity contribution in [2.45, 2.75) is 37.4 Å². The van der Waals surface area contributed by atoms with Crippen LogP contribution >= 0.6 is 0 Å². The smallest absolute Gasteiger partial charge is 0.255 e. The summed E-state index contributed by atoms with van der Waals surface area (Å²) in [7, 11) is -4.68. The molecule has 0 bridgehead atoms. The van der Waals surface area contributed by atoms with Crippen LogP contribution in [0.15, 0.2) is 17.0 Å². The Balaban J connectivity index is 2.87. The van der Waals surface area contributed by atoms with Gasteiger partial charge in [0, 0.05) is 41.9 Å². The molecule has 0 radical (unpaired) electrons. The molecule has 0 aromatic heterocycles. The first-order valence-electron chi connectivity index (χ1n) is 15.9. The van der Waals surface area contributed by atoms with Crippen molar-refractivity contribution in [3.63, 3.8) is 0 Å². The van der Waals surface area contributed by atoms with E-state index < -0.39 is 100 Å². The van der Waals surface area contributed by atoms with E-state index in [-0.39, 0.29) is 6.07 Å². The quantitative estimate of drug-likeness (QED) is 0.682. The number of anilines is 1. The SMILES string of the molecule is [2H]C([2H])([2H])C([2H])([2H])N1C([2H])([2H])C([2H])([2H])C([2H])([2H])C1([2H])C([2H])([2H])NC(=O)c1cc(S(=O)(=O)C([2H])([2H])C([2H])([2H])[2H])c(N)cc1OC.